The molecule has 4 nitrogen and oxygen atoms in total. The van der Waals surface area contributed by atoms with E-state index < -0.39 is 17.2 Å². The number of piperidine rings is 2. The van der Waals surface area contributed by atoms with Gasteiger partial charge < -0.3 is 10.0 Å². The van der Waals surface area contributed by atoms with Crippen LogP contribution in [0.1, 0.15) is 37.7 Å². The Morgan fingerprint density at radius 1 is 1.04 bits per heavy atom. The Morgan fingerprint density at radius 3 is 2.50 bits per heavy atom. The lowest BCUT2D eigenvalue weighted by Crippen LogP contribution is -2.58. The molecule has 2 aliphatic heterocycles. The van der Waals surface area contributed by atoms with Gasteiger partial charge in [-0.2, -0.15) is 0 Å². The first-order valence-corrected chi connectivity index (χ1v) is 8.66. The SMILES string of the molecule is O=C1N(Cc2ccc(F)c(F)c2)CCC[C@]1(O)CN1CCCCC1. The smallest absolute Gasteiger partial charge is 0.256 e. The largest absolute Gasteiger partial charge is 0.379 e. The number of carbonyl (C=O) groups excluding carboxylic acids is 1. The van der Waals surface area contributed by atoms with Crippen molar-refractivity contribution in [2.24, 2.45) is 0 Å². The van der Waals surface area contributed by atoms with E-state index in [2.05, 4.69) is 4.90 Å². The lowest BCUT2D eigenvalue weighted by atomic mass is 9.90. The molecule has 0 bridgehead atoms. The van der Waals surface area contributed by atoms with Crippen molar-refractivity contribution < 1.29 is 18.7 Å². The fourth-order valence-electron chi connectivity index (χ4n) is 3.71. The zero-order valence-corrected chi connectivity index (χ0v) is 13.8. The molecular weight excluding hydrogens is 314 g/mol. The molecule has 0 aromatic heterocycles. The Bertz CT molecular complexity index is 605. The van der Waals surface area contributed by atoms with Crippen LogP contribution in [-0.4, -0.2) is 52.6 Å². The quantitative estimate of drug-likeness (QED) is 0.916. The van der Waals surface area contributed by atoms with Crippen LogP contribution in [0.25, 0.3) is 0 Å². The van der Waals surface area contributed by atoms with Gasteiger partial charge in [-0.15, -0.1) is 0 Å². The second-order valence-corrected chi connectivity index (χ2v) is 6.95. The van der Waals surface area contributed by atoms with Crippen molar-refractivity contribution in [2.45, 2.75) is 44.2 Å². The normalized spacial score (nSPS) is 26.0. The minimum Gasteiger partial charge on any atom is -0.379 e. The fraction of sp³-hybridized carbons (Fsp3) is 0.611. The Morgan fingerprint density at radius 2 is 1.79 bits per heavy atom. The average molecular weight is 338 g/mol. The third kappa shape index (κ3) is 3.75. The van der Waals surface area contributed by atoms with Crippen LogP contribution < -0.4 is 0 Å². The van der Waals surface area contributed by atoms with E-state index >= 15 is 0 Å². The molecule has 6 heteroatoms. The van der Waals surface area contributed by atoms with Gasteiger partial charge in [0.05, 0.1) is 0 Å². The van der Waals surface area contributed by atoms with E-state index in [-0.39, 0.29) is 12.5 Å². The number of halogens is 2. The first-order valence-electron chi connectivity index (χ1n) is 8.66. The summed E-state index contributed by atoms with van der Waals surface area (Å²) in [6, 6.07) is 3.66. The highest BCUT2D eigenvalue weighted by Gasteiger charge is 2.43. The Hall–Kier alpha value is -1.53. The molecular formula is C18H24F2N2O2. The first kappa shape index (κ1) is 17.3. The molecule has 1 aromatic rings. The lowest BCUT2D eigenvalue weighted by Gasteiger charge is -2.41. The minimum atomic E-state index is -1.37. The maximum atomic E-state index is 13.4. The number of likely N-dealkylation sites (tertiary alicyclic amines) is 2. The van der Waals surface area contributed by atoms with Crippen molar-refractivity contribution >= 4 is 5.91 Å². The van der Waals surface area contributed by atoms with E-state index in [9.17, 15) is 18.7 Å². The van der Waals surface area contributed by atoms with Crippen molar-refractivity contribution in [1.29, 1.82) is 0 Å². The summed E-state index contributed by atoms with van der Waals surface area (Å²) in [6.45, 7) is 2.91. The standard InChI is InChI=1S/C18H24F2N2O2/c19-15-6-5-14(11-16(15)20)12-22-10-4-7-18(24,17(22)23)13-21-8-2-1-3-9-21/h5-6,11,24H,1-4,7-10,12-13H2/t18-/m0/s1. The molecule has 1 atom stereocenters. The predicted molar refractivity (Wildman–Crippen MR) is 86.2 cm³/mol. The number of nitrogens with zero attached hydrogens (tertiary/aromatic N) is 2. The van der Waals surface area contributed by atoms with Gasteiger partial charge in [0.25, 0.3) is 5.91 Å². The van der Waals surface area contributed by atoms with Gasteiger partial charge >= 0.3 is 0 Å². The Kier molecular flexibility index (Phi) is 5.15. The Labute approximate surface area is 141 Å². The lowest BCUT2D eigenvalue weighted by molar-refractivity contribution is -0.160. The van der Waals surface area contributed by atoms with E-state index in [1.54, 1.807) is 4.90 Å². The number of aliphatic hydroxyl groups is 1. The summed E-state index contributed by atoms with van der Waals surface area (Å²) < 4.78 is 26.4. The maximum absolute atomic E-state index is 13.4. The average Bonchev–Trinajstić information content (AvgIpc) is 2.56. The Balaban J connectivity index is 1.68. The van der Waals surface area contributed by atoms with Crippen molar-refractivity contribution in [3.63, 3.8) is 0 Å². The number of rotatable bonds is 4. The summed E-state index contributed by atoms with van der Waals surface area (Å²) in [7, 11) is 0. The van der Waals surface area contributed by atoms with Crippen molar-refractivity contribution in [3.05, 3.63) is 35.4 Å². The summed E-state index contributed by atoms with van der Waals surface area (Å²) in [4.78, 5) is 16.5. The molecule has 132 valence electrons. The molecule has 0 saturated carbocycles. The highest BCUT2D eigenvalue weighted by Crippen LogP contribution is 2.26. The zero-order chi connectivity index (χ0) is 17.2. The second kappa shape index (κ2) is 7.15. The number of hydrogen-bond donors (Lipinski definition) is 1. The van der Waals surface area contributed by atoms with Crippen LogP contribution in [0.15, 0.2) is 18.2 Å². The molecule has 0 radical (unpaired) electrons. The van der Waals surface area contributed by atoms with Crippen LogP contribution in [0.5, 0.6) is 0 Å². The number of carbonyl (C=O) groups is 1. The number of β-amino-alcohol motifs (C(OH)–C–C–N with tert-alkyl or cyclic N) is 1. The second-order valence-electron chi connectivity index (χ2n) is 6.95. The highest BCUT2D eigenvalue weighted by molar-refractivity contribution is 5.86. The minimum absolute atomic E-state index is 0.193. The van der Waals surface area contributed by atoms with Crippen LogP contribution >= 0.6 is 0 Å². The molecule has 2 saturated heterocycles. The van der Waals surface area contributed by atoms with E-state index in [0.29, 0.717) is 31.5 Å². The fourth-order valence-corrected chi connectivity index (χ4v) is 3.71. The number of benzene rings is 1. The molecule has 0 spiro atoms. The molecule has 24 heavy (non-hydrogen) atoms. The van der Waals surface area contributed by atoms with Gasteiger partial charge in [-0.3, -0.25) is 9.69 Å². The summed E-state index contributed by atoms with van der Waals surface area (Å²) in [5, 5.41) is 10.9. The van der Waals surface area contributed by atoms with Gasteiger partial charge in [-0.25, -0.2) is 8.78 Å². The number of amides is 1. The third-order valence-corrected chi connectivity index (χ3v) is 5.00. The highest BCUT2D eigenvalue weighted by atomic mass is 19.2. The number of hydrogen-bond acceptors (Lipinski definition) is 3. The van der Waals surface area contributed by atoms with Crippen LogP contribution in [0.4, 0.5) is 8.78 Å². The third-order valence-electron chi connectivity index (χ3n) is 5.00. The molecule has 2 aliphatic rings. The van der Waals surface area contributed by atoms with E-state index in [0.717, 1.165) is 38.1 Å². The van der Waals surface area contributed by atoms with E-state index in [4.69, 9.17) is 0 Å². The molecule has 3 rings (SSSR count). The summed E-state index contributed by atoms with van der Waals surface area (Å²) in [6.07, 6.45) is 4.56. The molecule has 1 N–H and O–H groups in total. The molecule has 2 heterocycles. The van der Waals surface area contributed by atoms with Crippen LogP contribution in [0.3, 0.4) is 0 Å². The van der Waals surface area contributed by atoms with Gasteiger partial charge in [0.15, 0.2) is 17.2 Å². The molecule has 1 aromatic carbocycles. The molecule has 2 fully saturated rings. The van der Waals surface area contributed by atoms with Gasteiger partial charge in [0, 0.05) is 19.6 Å². The molecule has 1 amide bonds. The predicted octanol–water partition coefficient (Wildman–Crippen LogP) is 2.30. The zero-order valence-electron chi connectivity index (χ0n) is 13.8. The van der Waals surface area contributed by atoms with Crippen molar-refractivity contribution in [2.75, 3.05) is 26.2 Å². The van der Waals surface area contributed by atoms with Gasteiger partial charge in [0.2, 0.25) is 0 Å². The van der Waals surface area contributed by atoms with Crippen molar-refractivity contribution in [1.82, 2.24) is 9.80 Å². The summed E-state index contributed by atoms with van der Waals surface area (Å²) in [5.41, 5.74) is -0.835. The first-order chi connectivity index (χ1) is 11.5. The maximum Gasteiger partial charge on any atom is 0.256 e. The molecule has 0 unspecified atom stereocenters. The van der Waals surface area contributed by atoms with Gasteiger partial charge in [0.1, 0.15) is 0 Å². The van der Waals surface area contributed by atoms with Crippen LogP contribution in [0.2, 0.25) is 0 Å². The van der Waals surface area contributed by atoms with Crippen LogP contribution in [-0.2, 0) is 11.3 Å². The monoisotopic (exact) mass is 338 g/mol. The summed E-state index contributed by atoms with van der Waals surface area (Å²) >= 11 is 0. The van der Waals surface area contributed by atoms with E-state index in [1.807, 2.05) is 0 Å². The molecule has 0 aliphatic carbocycles. The topological polar surface area (TPSA) is 43.8 Å². The van der Waals surface area contributed by atoms with Crippen molar-refractivity contribution in [3.8, 4) is 0 Å². The summed E-state index contributed by atoms with van der Waals surface area (Å²) in [5.74, 6) is -2.12. The van der Waals surface area contributed by atoms with Gasteiger partial charge in [-0.05, 0) is 56.5 Å². The van der Waals surface area contributed by atoms with E-state index in [1.165, 1.54) is 12.5 Å². The van der Waals surface area contributed by atoms with Crippen LogP contribution in [0, 0.1) is 11.6 Å². The van der Waals surface area contributed by atoms with Gasteiger partial charge in [-0.1, -0.05) is 12.5 Å².